The second-order valence-electron chi connectivity index (χ2n) is 3.72. The van der Waals surface area contributed by atoms with Crippen LogP contribution in [0.4, 0.5) is 10.1 Å². The molecule has 0 aliphatic rings. The molecule has 0 unspecified atom stereocenters. The number of benzene rings is 2. The first-order chi connectivity index (χ1) is 8.24. The molecule has 0 radical (unpaired) electrons. The van der Waals surface area contributed by atoms with Gasteiger partial charge < -0.3 is 5.73 Å². The van der Waals surface area contributed by atoms with Gasteiger partial charge in [-0.25, -0.2) is 9.37 Å². The molecule has 84 valence electrons. The fraction of sp³-hybridized carbons (Fsp3) is 0. The average molecular weight is 244 g/mol. The van der Waals surface area contributed by atoms with E-state index in [9.17, 15) is 4.39 Å². The molecule has 1 heterocycles. The number of nitrogen functional groups attached to an aromatic ring is 1. The quantitative estimate of drug-likeness (QED) is 0.663. The van der Waals surface area contributed by atoms with Crippen molar-refractivity contribution >= 4 is 27.2 Å². The molecule has 0 aliphatic heterocycles. The Morgan fingerprint density at radius 1 is 1.12 bits per heavy atom. The molecule has 0 aliphatic carbocycles. The largest absolute Gasteiger partial charge is 0.398 e. The molecule has 4 heteroatoms. The summed E-state index contributed by atoms with van der Waals surface area (Å²) in [7, 11) is 0. The molecule has 3 aromatic rings. The van der Waals surface area contributed by atoms with Crippen LogP contribution >= 0.6 is 11.3 Å². The minimum atomic E-state index is -0.298. The number of para-hydroxylation sites is 1. The molecule has 0 amide bonds. The highest BCUT2D eigenvalue weighted by Crippen LogP contribution is 2.33. The maximum absolute atomic E-state index is 13.2. The molecule has 2 nitrogen and oxygen atoms in total. The minimum Gasteiger partial charge on any atom is -0.398 e. The Labute approximate surface area is 102 Å². The van der Waals surface area contributed by atoms with Crippen LogP contribution in [-0.2, 0) is 0 Å². The highest BCUT2D eigenvalue weighted by molar-refractivity contribution is 7.21. The molecule has 0 saturated heterocycles. The lowest BCUT2D eigenvalue weighted by atomic mass is 10.2. The van der Waals surface area contributed by atoms with Gasteiger partial charge in [-0.2, -0.15) is 0 Å². The summed E-state index contributed by atoms with van der Waals surface area (Å²) < 4.78 is 14.3. The van der Waals surface area contributed by atoms with E-state index < -0.39 is 0 Å². The van der Waals surface area contributed by atoms with Gasteiger partial charge in [0.25, 0.3) is 0 Å². The summed E-state index contributed by atoms with van der Waals surface area (Å²) in [5.41, 5.74) is 7.96. The molecule has 0 atom stereocenters. The Morgan fingerprint density at radius 3 is 2.76 bits per heavy atom. The third kappa shape index (κ3) is 1.76. The topological polar surface area (TPSA) is 38.9 Å². The molecule has 0 saturated carbocycles. The summed E-state index contributed by atoms with van der Waals surface area (Å²) in [6, 6.07) is 12.2. The predicted molar refractivity (Wildman–Crippen MR) is 69.4 cm³/mol. The van der Waals surface area contributed by atoms with Crippen LogP contribution in [0.5, 0.6) is 0 Å². The second-order valence-corrected chi connectivity index (χ2v) is 4.75. The fourth-order valence-electron chi connectivity index (χ4n) is 1.70. The molecule has 3 rings (SSSR count). The first kappa shape index (κ1) is 10.2. The zero-order valence-corrected chi connectivity index (χ0v) is 9.67. The molecule has 0 fully saturated rings. The third-order valence-corrected chi connectivity index (χ3v) is 3.61. The lowest BCUT2D eigenvalue weighted by Gasteiger charge is -2.01. The van der Waals surface area contributed by atoms with Crippen LogP contribution in [-0.4, -0.2) is 4.98 Å². The Kier molecular flexibility index (Phi) is 2.30. The molecule has 2 aromatic carbocycles. The van der Waals surface area contributed by atoms with Crippen molar-refractivity contribution in [2.45, 2.75) is 0 Å². The molecule has 2 N–H and O–H groups in total. The first-order valence-corrected chi connectivity index (χ1v) is 5.96. The molecule has 17 heavy (non-hydrogen) atoms. The fourth-order valence-corrected chi connectivity index (χ4v) is 2.71. The standard InChI is InChI=1S/C13H9FN2S/c14-8-5-6-10(15)9(7-8)13-16-11-3-1-2-4-12(11)17-13/h1-7H,15H2. The van der Waals surface area contributed by atoms with Crippen LogP contribution in [0, 0.1) is 5.82 Å². The number of anilines is 1. The van der Waals surface area contributed by atoms with Crippen LogP contribution in [0.2, 0.25) is 0 Å². The van der Waals surface area contributed by atoms with E-state index in [2.05, 4.69) is 4.98 Å². The lowest BCUT2D eigenvalue weighted by molar-refractivity contribution is 0.628. The third-order valence-electron chi connectivity index (χ3n) is 2.54. The summed E-state index contributed by atoms with van der Waals surface area (Å²) in [5, 5.41) is 0.753. The van der Waals surface area contributed by atoms with Crippen LogP contribution < -0.4 is 5.73 Å². The number of aromatic nitrogens is 1. The Balaban J connectivity index is 2.23. The second kappa shape index (κ2) is 3.82. The highest BCUT2D eigenvalue weighted by Gasteiger charge is 2.09. The number of hydrogen-bond acceptors (Lipinski definition) is 3. The van der Waals surface area contributed by atoms with Crippen LogP contribution in [0.3, 0.4) is 0 Å². The summed E-state index contributed by atoms with van der Waals surface area (Å²) in [4.78, 5) is 4.46. The van der Waals surface area contributed by atoms with Crippen molar-refractivity contribution in [1.29, 1.82) is 0 Å². The van der Waals surface area contributed by atoms with E-state index in [1.807, 2.05) is 24.3 Å². The SMILES string of the molecule is Nc1ccc(F)cc1-c1nc2ccccc2s1. The smallest absolute Gasteiger partial charge is 0.126 e. The van der Waals surface area contributed by atoms with Gasteiger partial charge in [0.2, 0.25) is 0 Å². The van der Waals surface area contributed by atoms with E-state index in [0.717, 1.165) is 15.2 Å². The molecular formula is C13H9FN2S. The van der Waals surface area contributed by atoms with Gasteiger partial charge in [0.05, 0.1) is 10.2 Å². The number of halogens is 1. The van der Waals surface area contributed by atoms with E-state index in [1.54, 1.807) is 6.07 Å². The molecule has 0 spiro atoms. The summed E-state index contributed by atoms with van der Waals surface area (Å²) in [6.45, 7) is 0. The van der Waals surface area contributed by atoms with E-state index in [0.29, 0.717) is 11.3 Å². The van der Waals surface area contributed by atoms with Crippen molar-refractivity contribution in [3.63, 3.8) is 0 Å². The van der Waals surface area contributed by atoms with E-state index >= 15 is 0 Å². The Bertz CT molecular complexity index is 658. The number of nitrogens with two attached hydrogens (primary N) is 1. The van der Waals surface area contributed by atoms with Gasteiger partial charge in [-0.1, -0.05) is 12.1 Å². The van der Waals surface area contributed by atoms with Crippen molar-refractivity contribution < 1.29 is 4.39 Å². The number of hydrogen-bond donors (Lipinski definition) is 1. The lowest BCUT2D eigenvalue weighted by Crippen LogP contribution is -1.90. The highest BCUT2D eigenvalue weighted by atomic mass is 32.1. The van der Waals surface area contributed by atoms with Crippen molar-refractivity contribution in [2.75, 3.05) is 5.73 Å². The molecule has 1 aromatic heterocycles. The Morgan fingerprint density at radius 2 is 1.94 bits per heavy atom. The molecular weight excluding hydrogens is 235 g/mol. The van der Waals surface area contributed by atoms with Gasteiger partial charge in [0.15, 0.2) is 0 Å². The normalized spacial score (nSPS) is 10.9. The van der Waals surface area contributed by atoms with Gasteiger partial charge in [-0.15, -0.1) is 11.3 Å². The summed E-state index contributed by atoms with van der Waals surface area (Å²) >= 11 is 1.52. The summed E-state index contributed by atoms with van der Waals surface area (Å²) in [5.74, 6) is -0.298. The number of thiazole rings is 1. The summed E-state index contributed by atoms with van der Waals surface area (Å²) in [6.07, 6.45) is 0. The maximum Gasteiger partial charge on any atom is 0.126 e. The van der Waals surface area contributed by atoms with Crippen LogP contribution in [0.25, 0.3) is 20.8 Å². The number of nitrogens with zero attached hydrogens (tertiary/aromatic N) is 1. The molecule has 0 bridgehead atoms. The van der Waals surface area contributed by atoms with Gasteiger partial charge in [-0.05, 0) is 30.3 Å². The van der Waals surface area contributed by atoms with Crippen molar-refractivity contribution in [2.24, 2.45) is 0 Å². The zero-order valence-electron chi connectivity index (χ0n) is 8.85. The maximum atomic E-state index is 13.2. The van der Waals surface area contributed by atoms with Crippen molar-refractivity contribution in [3.05, 3.63) is 48.3 Å². The average Bonchev–Trinajstić information content (AvgIpc) is 2.75. The first-order valence-electron chi connectivity index (χ1n) is 5.15. The zero-order chi connectivity index (χ0) is 11.8. The van der Waals surface area contributed by atoms with Crippen LogP contribution in [0.1, 0.15) is 0 Å². The monoisotopic (exact) mass is 244 g/mol. The van der Waals surface area contributed by atoms with E-state index in [4.69, 9.17) is 5.73 Å². The van der Waals surface area contributed by atoms with Crippen molar-refractivity contribution in [3.8, 4) is 10.6 Å². The number of rotatable bonds is 1. The van der Waals surface area contributed by atoms with E-state index in [1.165, 1.54) is 23.5 Å². The van der Waals surface area contributed by atoms with Gasteiger partial charge in [0, 0.05) is 11.3 Å². The van der Waals surface area contributed by atoms with Crippen molar-refractivity contribution in [1.82, 2.24) is 4.98 Å². The van der Waals surface area contributed by atoms with Gasteiger partial charge in [-0.3, -0.25) is 0 Å². The van der Waals surface area contributed by atoms with Crippen LogP contribution in [0.15, 0.2) is 42.5 Å². The van der Waals surface area contributed by atoms with Gasteiger partial charge in [0.1, 0.15) is 10.8 Å². The van der Waals surface area contributed by atoms with Gasteiger partial charge >= 0.3 is 0 Å². The predicted octanol–water partition coefficient (Wildman–Crippen LogP) is 3.68. The number of fused-ring (bicyclic) bond motifs is 1. The Hall–Kier alpha value is -1.94. The minimum absolute atomic E-state index is 0.298. The van der Waals surface area contributed by atoms with E-state index in [-0.39, 0.29) is 5.82 Å².